The van der Waals surface area contributed by atoms with Crippen LogP contribution in [0.2, 0.25) is 0 Å². The highest BCUT2D eigenvalue weighted by Crippen LogP contribution is 2.20. The highest BCUT2D eigenvalue weighted by atomic mass is 32.1. The normalized spacial score (nSPS) is 16.5. The van der Waals surface area contributed by atoms with Gasteiger partial charge in [-0.1, -0.05) is 19.3 Å². The number of nitrogens with zero attached hydrogens (tertiary/aromatic N) is 2. The maximum Gasteiger partial charge on any atom is 0.248 e. The van der Waals surface area contributed by atoms with Gasteiger partial charge < -0.3 is 9.64 Å². The van der Waals surface area contributed by atoms with Crippen molar-refractivity contribution in [1.29, 1.82) is 0 Å². The van der Waals surface area contributed by atoms with Gasteiger partial charge in [0.2, 0.25) is 5.91 Å². The van der Waals surface area contributed by atoms with Crippen LogP contribution in [0, 0.1) is 6.92 Å². The van der Waals surface area contributed by atoms with Gasteiger partial charge in [-0.3, -0.25) is 4.79 Å². The standard InChI is InChI=1S/C14H22N2O2S/c1-11-15-12(10-19-11)8-16(2)14(17)9-18-13-6-4-3-5-7-13/h10,13H,3-9H2,1-2H3. The van der Waals surface area contributed by atoms with Crippen LogP contribution in [0.1, 0.15) is 42.8 Å². The summed E-state index contributed by atoms with van der Waals surface area (Å²) in [6, 6.07) is 0. The molecule has 0 radical (unpaired) electrons. The Morgan fingerprint density at radius 2 is 2.21 bits per heavy atom. The Labute approximate surface area is 118 Å². The van der Waals surface area contributed by atoms with Gasteiger partial charge in [-0.15, -0.1) is 11.3 Å². The Kier molecular flexibility index (Phi) is 5.34. The molecule has 5 heteroatoms. The molecule has 1 aliphatic carbocycles. The Morgan fingerprint density at radius 1 is 1.47 bits per heavy atom. The van der Waals surface area contributed by atoms with E-state index in [1.807, 2.05) is 12.3 Å². The van der Waals surface area contributed by atoms with Crippen molar-refractivity contribution < 1.29 is 9.53 Å². The first kappa shape index (κ1) is 14.5. The van der Waals surface area contributed by atoms with Crippen LogP contribution in [0.5, 0.6) is 0 Å². The van der Waals surface area contributed by atoms with Crippen molar-refractivity contribution in [3.8, 4) is 0 Å². The highest BCUT2D eigenvalue weighted by molar-refractivity contribution is 7.09. The van der Waals surface area contributed by atoms with E-state index in [1.165, 1.54) is 19.3 Å². The molecule has 1 aliphatic rings. The molecule has 0 spiro atoms. The molecule has 0 unspecified atom stereocenters. The number of amides is 1. The van der Waals surface area contributed by atoms with Gasteiger partial charge in [-0.25, -0.2) is 4.98 Å². The molecule has 2 rings (SSSR count). The second kappa shape index (κ2) is 7.01. The number of ether oxygens (including phenoxy) is 1. The zero-order valence-corrected chi connectivity index (χ0v) is 12.5. The molecule has 1 aromatic rings. The van der Waals surface area contributed by atoms with Crippen LogP contribution in [0.3, 0.4) is 0 Å². The van der Waals surface area contributed by atoms with Gasteiger partial charge in [-0.2, -0.15) is 0 Å². The number of hydrogen-bond acceptors (Lipinski definition) is 4. The first-order valence-electron chi connectivity index (χ1n) is 6.91. The monoisotopic (exact) mass is 282 g/mol. The summed E-state index contributed by atoms with van der Waals surface area (Å²) in [5.41, 5.74) is 0.955. The van der Waals surface area contributed by atoms with Crippen LogP contribution in [-0.2, 0) is 16.1 Å². The van der Waals surface area contributed by atoms with E-state index < -0.39 is 0 Å². The first-order chi connectivity index (χ1) is 9.15. The van der Waals surface area contributed by atoms with E-state index >= 15 is 0 Å². The summed E-state index contributed by atoms with van der Waals surface area (Å²) in [7, 11) is 1.81. The summed E-state index contributed by atoms with van der Waals surface area (Å²) in [6.45, 7) is 2.74. The average Bonchev–Trinajstić information content (AvgIpc) is 2.82. The lowest BCUT2D eigenvalue weighted by Gasteiger charge is -2.23. The second-order valence-electron chi connectivity index (χ2n) is 5.18. The number of carbonyl (C=O) groups is 1. The number of rotatable bonds is 5. The van der Waals surface area contributed by atoms with Crippen molar-refractivity contribution in [2.75, 3.05) is 13.7 Å². The molecule has 0 saturated heterocycles. The number of carbonyl (C=O) groups excluding carboxylic acids is 1. The number of thiazole rings is 1. The first-order valence-corrected chi connectivity index (χ1v) is 7.79. The number of aromatic nitrogens is 1. The minimum atomic E-state index is 0.0382. The SMILES string of the molecule is Cc1nc(CN(C)C(=O)COC2CCCCC2)cs1. The topological polar surface area (TPSA) is 42.4 Å². The maximum absolute atomic E-state index is 12.0. The number of aryl methyl sites for hydroxylation is 1. The van der Waals surface area contributed by atoms with Gasteiger partial charge in [0.1, 0.15) is 6.61 Å². The van der Waals surface area contributed by atoms with Crippen LogP contribution in [-0.4, -0.2) is 35.5 Å². The van der Waals surface area contributed by atoms with E-state index in [0.717, 1.165) is 23.5 Å². The molecule has 1 saturated carbocycles. The van der Waals surface area contributed by atoms with Gasteiger partial charge in [0, 0.05) is 12.4 Å². The van der Waals surface area contributed by atoms with Crippen molar-refractivity contribution in [1.82, 2.24) is 9.88 Å². The Morgan fingerprint density at radius 3 is 2.84 bits per heavy atom. The zero-order chi connectivity index (χ0) is 13.7. The van der Waals surface area contributed by atoms with Crippen LogP contribution in [0.25, 0.3) is 0 Å². The summed E-state index contributed by atoms with van der Waals surface area (Å²) >= 11 is 1.61. The third kappa shape index (κ3) is 4.58. The molecular weight excluding hydrogens is 260 g/mol. The summed E-state index contributed by atoms with van der Waals surface area (Å²) < 4.78 is 5.70. The molecule has 1 fully saturated rings. The van der Waals surface area contributed by atoms with Crippen LogP contribution in [0.4, 0.5) is 0 Å². The quantitative estimate of drug-likeness (QED) is 0.834. The second-order valence-corrected chi connectivity index (χ2v) is 6.24. The fraction of sp³-hybridized carbons (Fsp3) is 0.714. The molecule has 106 valence electrons. The average molecular weight is 282 g/mol. The fourth-order valence-corrected chi connectivity index (χ4v) is 2.95. The van der Waals surface area contributed by atoms with E-state index in [4.69, 9.17) is 4.74 Å². The Balaban J connectivity index is 1.72. The fourth-order valence-electron chi connectivity index (χ4n) is 2.34. The van der Waals surface area contributed by atoms with E-state index in [2.05, 4.69) is 4.98 Å². The third-order valence-corrected chi connectivity index (χ3v) is 4.31. The molecule has 0 aliphatic heterocycles. The molecule has 0 bridgehead atoms. The molecule has 0 N–H and O–H groups in total. The van der Waals surface area contributed by atoms with E-state index in [9.17, 15) is 4.79 Å². The van der Waals surface area contributed by atoms with Gasteiger partial charge in [-0.05, 0) is 19.8 Å². The van der Waals surface area contributed by atoms with Gasteiger partial charge in [0.05, 0.1) is 23.4 Å². The molecule has 19 heavy (non-hydrogen) atoms. The van der Waals surface area contributed by atoms with Crippen molar-refractivity contribution >= 4 is 17.2 Å². The predicted octanol–water partition coefficient (Wildman–Crippen LogP) is 2.76. The summed E-state index contributed by atoms with van der Waals surface area (Å²) in [4.78, 5) is 18.0. The minimum absolute atomic E-state index is 0.0382. The molecule has 1 amide bonds. The van der Waals surface area contributed by atoms with Crippen molar-refractivity contribution in [3.63, 3.8) is 0 Å². The zero-order valence-electron chi connectivity index (χ0n) is 11.7. The maximum atomic E-state index is 12.0. The van der Waals surface area contributed by atoms with Gasteiger partial charge >= 0.3 is 0 Å². The van der Waals surface area contributed by atoms with Crippen LogP contribution >= 0.6 is 11.3 Å². The summed E-state index contributed by atoms with van der Waals surface area (Å²) in [5, 5.41) is 3.04. The van der Waals surface area contributed by atoms with Crippen LogP contribution < -0.4 is 0 Å². The Bertz CT molecular complexity index is 413. The van der Waals surface area contributed by atoms with Crippen molar-refractivity contribution in [2.45, 2.75) is 51.7 Å². The Hall–Kier alpha value is -0.940. The van der Waals surface area contributed by atoms with Crippen molar-refractivity contribution in [2.24, 2.45) is 0 Å². The highest BCUT2D eigenvalue weighted by Gasteiger charge is 2.17. The van der Waals surface area contributed by atoms with E-state index in [0.29, 0.717) is 6.54 Å². The van der Waals surface area contributed by atoms with E-state index in [1.54, 1.807) is 23.3 Å². The summed E-state index contributed by atoms with van der Waals surface area (Å²) in [5.74, 6) is 0.0382. The number of hydrogen-bond donors (Lipinski definition) is 0. The van der Waals surface area contributed by atoms with E-state index in [-0.39, 0.29) is 18.6 Å². The molecular formula is C14H22N2O2S. The summed E-state index contributed by atoms with van der Waals surface area (Å²) in [6.07, 6.45) is 6.24. The lowest BCUT2D eigenvalue weighted by molar-refractivity contribution is -0.138. The molecule has 1 heterocycles. The molecule has 0 atom stereocenters. The lowest BCUT2D eigenvalue weighted by atomic mass is 9.98. The largest absolute Gasteiger partial charge is 0.368 e. The van der Waals surface area contributed by atoms with Crippen LogP contribution in [0.15, 0.2) is 5.38 Å². The third-order valence-electron chi connectivity index (χ3n) is 3.49. The van der Waals surface area contributed by atoms with Crippen molar-refractivity contribution in [3.05, 3.63) is 16.1 Å². The minimum Gasteiger partial charge on any atom is -0.368 e. The molecule has 1 aromatic heterocycles. The number of likely N-dealkylation sites (N-methyl/N-ethyl adjacent to an activating group) is 1. The predicted molar refractivity (Wildman–Crippen MR) is 76.2 cm³/mol. The smallest absolute Gasteiger partial charge is 0.248 e. The van der Waals surface area contributed by atoms with Gasteiger partial charge in [0.15, 0.2) is 0 Å². The lowest BCUT2D eigenvalue weighted by Crippen LogP contribution is -2.32. The van der Waals surface area contributed by atoms with Gasteiger partial charge in [0.25, 0.3) is 0 Å². The molecule has 4 nitrogen and oxygen atoms in total. The molecule has 0 aromatic carbocycles.